The Balaban J connectivity index is 1.72. The third-order valence-electron chi connectivity index (χ3n) is 6.79. The van der Waals surface area contributed by atoms with Gasteiger partial charge in [0.05, 0.1) is 10.5 Å². The molecule has 1 N–H and O–H groups in total. The molecular formula is C26H25ClFN3O3. The van der Waals surface area contributed by atoms with Gasteiger partial charge in [0.2, 0.25) is 0 Å². The van der Waals surface area contributed by atoms with E-state index in [0.717, 1.165) is 38.5 Å². The largest absolute Gasteiger partial charge is 0.360 e. The Bertz CT molecular complexity index is 1420. The number of hydrogen-bond donors (Lipinski definition) is 1. The van der Waals surface area contributed by atoms with Crippen LogP contribution in [0.4, 0.5) is 4.39 Å². The third kappa shape index (κ3) is 3.98. The van der Waals surface area contributed by atoms with Gasteiger partial charge in [-0.3, -0.25) is 14.2 Å². The molecule has 2 aromatic heterocycles. The van der Waals surface area contributed by atoms with Crippen molar-refractivity contribution in [1.82, 2.24) is 15.0 Å². The lowest BCUT2D eigenvalue weighted by Gasteiger charge is -2.30. The highest BCUT2D eigenvalue weighted by molar-refractivity contribution is 6.37. The van der Waals surface area contributed by atoms with Crippen LogP contribution in [0.2, 0.25) is 5.02 Å². The number of nitrogens with one attached hydrogen (secondary N) is 1. The molecule has 1 saturated carbocycles. The molecule has 2 heterocycles. The van der Waals surface area contributed by atoms with Gasteiger partial charge in [-0.05, 0) is 62.1 Å². The number of rotatable bonds is 4. The number of fused-ring (bicyclic) bond motifs is 3. The molecule has 1 aliphatic carbocycles. The van der Waals surface area contributed by atoms with Crippen LogP contribution in [0.15, 0.2) is 51.8 Å². The third-order valence-corrected chi connectivity index (χ3v) is 7.11. The van der Waals surface area contributed by atoms with Gasteiger partial charge in [-0.25, -0.2) is 4.39 Å². The topological polar surface area (TPSA) is 77.1 Å². The molecule has 1 unspecified atom stereocenters. The van der Waals surface area contributed by atoms with Crippen LogP contribution in [0.25, 0.3) is 21.8 Å². The molecule has 5 rings (SSSR count). The number of aryl methyl sites for hydroxylation is 1. The summed E-state index contributed by atoms with van der Waals surface area (Å²) >= 11 is 6.58. The number of pyridine rings is 1. The number of amides is 1. The summed E-state index contributed by atoms with van der Waals surface area (Å²) in [4.78, 5) is 27.1. The molecule has 2 aromatic carbocycles. The second-order valence-electron chi connectivity index (χ2n) is 8.95. The number of benzene rings is 2. The second-order valence-corrected chi connectivity index (χ2v) is 9.36. The molecule has 6 nitrogen and oxygen atoms in total. The van der Waals surface area contributed by atoms with E-state index in [1.165, 1.54) is 24.3 Å². The van der Waals surface area contributed by atoms with Gasteiger partial charge in [-0.2, -0.15) is 0 Å². The molecule has 0 radical (unpaired) electrons. The zero-order valence-electron chi connectivity index (χ0n) is 18.8. The summed E-state index contributed by atoms with van der Waals surface area (Å²) in [5, 5.41) is 8.65. The zero-order chi connectivity index (χ0) is 23.8. The lowest BCUT2D eigenvalue weighted by Crippen LogP contribution is -2.42. The van der Waals surface area contributed by atoms with Crippen molar-refractivity contribution in [1.29, 1.82) is 0 Å². The maximum atomic E-state index is 13.9. The van der Waals surface area contributed by atoms with Crippen molar-refractivity contribution < 1.29 is 13.7 Å². The second kappa shape index (κ2) is 9.22. The fourth-order valence-electron chi connectivity index (χ4n) is 5.09. The van der Waals surface area contributed by atoms with Crippen molar-refractivity contribution in [3.8, 4) is 0 Å². The normalized spacial score (nSPS) is 16.0. The van der Waals surface area contributed by atoms with Crippen molar-refractivity contribution in [2.75, 3.05) is 0 Å². The minimum Gasteiger partial charge on any atom is -0.360 e. The highest BCUT2D eigenvalue weighted by Gasteiger charge is 2.30. The Morgan fingerprint density at radius 2 is 1.82 bits per heavy atom. The summed E-state index contributed by atoms with van der Waals surface area (Å²) in [6.07, 6.45) is 5.45. The first-order valence-electron chi connectivity index (χ1n) is 11.6. The summed E-state index contributed by atoms with van der Waals surface area (Å²) < 4.78 is 20.4. The smallest absolute Gasteiger partial charge is 0.265 e. The summed E-state index contributed by atoms with van der Waals surface area (Å²) in [5.74, 6) is -0.329. The number of carbonyl (C=O) groups excluding carboxylic acids is 1. The first-order valence-corrected chi connectivity index (χ1v) is 12.0. The lowest BCUT2D eigenvalue weighted by molar-refractivity contribution is 0.0887. The van der Waals surface area contributed by atoms with E-state index in [-0.39, 0.29) is 17.4 Å². The predicted octanol–water partition coefficient (Wildman–Crippen LogP) is 6.14. The van der Waals surface area contributed by atoms with E-state index in [0.29, 0.717) is 38.2 Å². The van der Waals surface area contributed by atoms with Crippen LogP contribution in [0.5, 0.6) is 0 Å². The SMILES string of the molecule is Cc1onc2c1c(=O)n(C(NC(=O)c1ccc(F)cc1)C1CCCCCC1)c1cccc(Cl)c21. The molecule has 1 amide bonds. The molecule has 0 bridgehead atoms. The van der Waals surface area contributed by atoms with Crippen LogP contribution in [0.3, 0.4) is 0 Å². The number of aromatic nitrogens is 2. The van der Waals surface area contributed by atoms with Gasteiger partial charge in [0.15, 0.2) is 0 Å². The van der Waals surface area contributed by atoms with Crippen molar-refractivity contribution >= 4 is 39.3 Å². The lowest BCUT2D eigenvalue weighted by atomic mass is 9.95. The number of halogens is 2. The van der Waals surface area contributed by atoms with Crippen LogP contribution < -0.4 is 10.9 Å². The van der Waals surface area contributed by atoms with Crippen molar-refractivity contribution in [2.24, 2.45) is 5.92 Å². The fraction of sp³-hybridized carbons (Fsp3) is 0.346. The van der Waals surface area contributed by atoms with Gasteiger partial charge in [-0.1, -0.05) is 48.5 Å². The molecule has 4 aromatic rings. The first-order chi connectivity index (χ1) is 16.5. The Morgan fingerprint density at radius 3 is 2.53 bits per heavy atom. The summed E-state index contributed by atoms with van der Waals surface area (Å²) in [5.41, 5.74) is 1.06. The minimum atomic E-state index is -0.609. The molecule has 1 atom stereocenters. The quantitative estimate of drug-likeness (QED) is 0.355. The van der Waals surface area contributed by atoms with Gasteiger partial charge in [0, 0.05) is 10.9 Å². The predicted molar refractivity (Wildman–Crippen MR) is 130 cm³/mol. The van der Waals surface area contributed by atoms with Crippen LogP contribution in [-0.2, 0) is 0 Å². The van der Waals surface area contributed by atoms with Crippen molar-refractivity contribution in [3.05, 3.63) is 75.0 Å². The molecule has 34 heavy (non-hydrogen) atoms. The van der Waals surface area contributed by atoms with Crippen LogP contribution >= 0.6 is 11.6 Å². The van der Waals surface area contributed by atoms with E-state index in [2.05, 4.69) is 10.5 Å². The van der Waals surface area contributed by atoms with E-state index in [4.69, 9.17) is 16.1 Å². The monoisotopic (exact) mass is 481 g/mol. The maximum absolute atomic E-state index is 13.9. The van der Waals surface area contributed by atoms with E-state index in [1.807, 2.05) is 6.07 Å². The molecular weight excluding hydrogens is 457 g/mol. The molecule has 1 aliphatic rings. The standard InChI is InChI=1S/C26H25ClFN3O3/c1-15-21-23(30-34-15)22-19(27)9-6-10-20(22)31(26(21)33)24(16-7-4-2-3-5-8-16)29-25(32)17-11-13-18(28)14-12-17/h6,9-14,16,24H,2-5,7-8H2,1H3,(H,29,32). The van der Waals surface area contributed by atoms with Gasteiger partial charge < -0.3 is 9.84 Å². The van der Waals surface area contributed by atoms with Crippen LogP contribution in [0, 0.1) is 18.7 Å². The number of hydrogen-bond acceptors (Lipinski definition) is 4. The van der Waals surface area contributed by atoms with Gasteiger partial charge in [0.1, 0.15) is 28.6 Å². The Hall–Kier alpha value is -3.19. The van der Waals surface area contributed by atoms with Crippen molar-refractivity contribution in [2.45, 2.75) is 51.6 Å². The van der Waals surface area contributed by atoms with Crippen LogP contribution in [-0.4, -0.2) is 15.6 Å². The maximum Gasteiger partial charge on any atom is 0.265 e. The summed E-state index contributed by atoms with van der Waals surface area (Å²) in [7, 11) is 0. The highest BCUT2D eigenvalue weighted by Crippen LogP contribution is 2.35. The Morgan fingerprint density at radius 1 is 1.12 bits per heavy atom. The van der Waals surface area contributed by atoms with Crippen LogP contribution in [0.1, 0.15) is 60.8 Å². The Labute approximate surface area is 200 Å². The number of nitrogens with zero attached hydrogens (tertiary/aromatic N) is 2. The van der Waals surface area contributed by atoms with Crippen molar-refractivity contribution in [3.63, 3.8) is 0 Å². The summed E-state index contributed by atoms with van der Waals surface area (Å²) in [6.45, 7) is 1.70. The van der Waals surface area contributed by atoms with Gasteiger partial charge in [-0.15, -0.1) is 0 Å². The van der Waals surface area contributed by atoms with E-state index in [9.17, 15) is 14.0 Å². The van der Waals surface area contributed by atoms with E-state index >= 15 is 0 Å². The van der Waals surface area contributed by atoms with Gasteiger partial charge in [0.25, 0.3) is 11.5 Å². The minimum absolute atomic E-state index is 0.0457. The molecule has 8 heteroatoms. The zero-order valence-corrected chi connectivity index (χ0v) is 19.6. The average Bonchev–Trinajstić information content (AvgIpc) is 3.03. The average molecular weight is 482 g/mol. The molecule has 0 spiro atoms. The molecule has 0 aliphatic heterocycles. The number of carbonyl (C=O) groups is 1. The molecule has 176 valence electrons. The van der Waals surface area contributed by atoms with E-state index in [1.54, 1.807) is 23.6 Å². The van der Waals surface area contributed by atoms with Gasteiger partial charge >= 0.3 is 0 Å². The fourth-order valence-corrected chi connectivity index (χ4v) is 5.35. The van der Waals surface area contributed by atoms with E-state index < -0.39 is 12.0 Å². The summed E-state index contributed by atoms with van der Waals surface area (Å²) in [6, 6.07) is 10.7. The Kier molecular flexibility index (Phi) is 6.13. The first kappa shape index (κ1) is 22.6. The molecule has 0 saturated heterocycles. The highest BCUT2D eigenvalue weighted by atomic mass is 35.5. The molecule has 1 fully saturated rings.